The Morgan fingerprint density at radius 3 is 2.31 bits per heavy atom. The summed E-state index contributed by atoms with van der Waals surface area (Å²) in [5, 5.41) is 3.05. The molecule has 0 atom stereocenters. The summed E-state index contributed by atoms with van der Waals surface area (Å²) in [7, 11) is 1.59. The van der Waals surface area contributed by atoms with Gasteiger partial charge in [0.15, 0.2) is 0 Å². The van der Waals surface area contributed by atoms with Crippen LogP contribution in [0.4, 0.5) is 8.78 Å². The molecule has 0 saturated carbocycles. The number of nitrogens with one attached hydrogen (secondary N) is 1. The molecule has 1 rings (SSSR count). The van der Waals surface area contributed by atoms with E-state index in [9.17, 15) is 8.78 Å². The summed E-state index contributed by atoms with van der Waals surface area (Å²) in [5.74, 6) is -1.05. The molecule has 1 aromatic carbocycles. The summed E-state index contributed by atoms with van der Waals surface area (Å²) in [4.78, 5) is 0. The van der Waals surface area contributed by atoms with Crippen LogP contribution in [0.2, 0.25) is 0 Å². The summed E-state index contributed by atoms with van der Waals surface area (Å²) in [6, 6.07) is 3.86. The molecule has 0 heterocycles. The largest absolute Gasteiger partial charge is 0.383 e. The molecule has 90 valence electrons. The lowest BCUT2D eigenvalue weighted by Gasteiger charge is -2.25. The molecule has 1 N–H and O–H groups in total. The van der Waals surface area contributed by atoms with Crippen LogP contribution in [0, 0.1) is 11.6 Å². The monoisotopic (exact) mass is 229 g/mol. The molecule has 0 spiro atoms. The molecule has 16 heavy (non-hydrogen) atoms. The minimum atomic E-state index is -0.527. The van der Waals surface area contributed by atoms with Crippen LogP contribution in [-0.2, 0) is 11.3 Å². The van der Waals surface area contributed by atoms with Crippen LogP contribution in [0.15, 0.2) is 18.2 Å². The molecule has 4 heteroatoms. The third-order valence-electron chi connectivity index (χ3n) is 2.31. The Bertz CT molecular complexity index is 333. The molecular weight excluding hydrogens is 212 g/mol. The smallest absolute Gasteiger partial charge is 0.130 e. The molecule has 0 saturated heterocycles. The Labute approximate surface area is 94.6 Å². The van der Waals surface area contributed by atoms with Crippen LogP contribution >= 0.6 is 0 Å². The minimum absolute atomic E-state index is 0.0617. The van der Waals surface area contributed by atoms with Crippen molar-refractivity contribution in [2.75, 3.05) is 13.7 Å². The lowest BCUT2D eigenvalue weighted by atomic mass is 10.1. The first-order chi connectivity index (χ1) is 7.46. The maximum Gasteiger partial charge on any atom is 0.130 e. The first-order valence-corrected chi connectivity index (χ1v) is 5.13. The Morgan fingerprint density at radius 1 is 1.25 bits per heavy atom. The normalized spacial score (nSPS) is 11.8. The van der Waals surface area contributed by atoms with Gasteiger partial charge in [-0.1, -0.05) is 6.07 Å². The average molecular weight is 229 g/mol. The van der Waals surface area contributed by atoms with E-state index in [1.165, 1.54) is 18.2 Å². The van der Waals surface area contributed by atoms with Gasteiger partial charge in [0, 0.05) is 24.8 Å². The number of benzene rings is 1. The van der Waals surface area contributed by atoms with E-state index in [0.717, 1.165) is 0 Å². The standard InChI is InChI=1S/C12H17F2NO/c1-12(2,8-16-3)15-7-9-10(13)5-4-6-11(9)14/h4-6,15H,7-8H2,1-3H3. The lowest BCUT2D eigenvalue weighted by Crippen LogP contribution is -2.43. The van der Waals surface area contributed by atoms with Crippen molar-refractivity contribution in [3.05, 3.63) is 35.4 Å². The van der Waals surface area contributed by atoms with Crippen LogP contribution < -0.4 is 5.32 Å². The second-order valence-corrected chi connectivity index (χ2v) is 4.37. The second kappa shape index (κ2) is 5.37. The Balaban J connectivity index is 2.68. The molecular formula is C12H17F2NO. The maximum absolute atomic E-state index is 13.3. The van der Waals surface area contributed by atoms with Crippen molar-refractivity contribution in [3.8, 4) is 0 Å². The van der Waals surface area contributed by atoms with Crippen molar-refractivity contribution in [2.24, 2.45) is 0 Å². The van der Waals surface area contributed by atoms with Gasteiger partial charge in [0.1, 0.15) is 11.6 Å². The Hall–Kier alpha value is -1.00. The first-order valence-electron chi connectivity index (χ1n) is 5.13. The van der Waals surface area contributed by atoms with E-state index in [2.05, 4.69) is 5.32 Å². The molecule has 0 unspecified atom stereocenters. The van der Waals surface area contributed by atoms with Gasteiger partial charge in [0.05, 0.1) is 6.61 Å². The summed E-state index contributed by atoms with van der Waals surface area (Å²) >= 11 is 0. The molecule has 0 amide bonds. The number of hydrogen-bond donors (Lipinski definition) is 1. The Kier molecular flexibility index (Phi) is 4.38. The van der Waals surface area contributed by atoms with Crippen LogP contribution in [0.1, 0.15) is 19.4 Å². The van der Waals surface area contributed by atoms with E-state index >= 15 is 0 Å². The molecule has 0 fully saturated rings. The van der Waals surface area contributed by atoms with Crippen molar-refractivity contribution in [2.45, 2.75) is 25.9 Å². The van der Waals surface area contributed by atoms with E-state index in [-0.39, 0.29) is 17.6 Å². The molecule has 0 aliphatic rings. The fourth-order valence-electron chi connectivity index (χ4n) is 1.44. The zero-order valence-electron chi connectivity index (χ0n) is 9.81. The van der Waals surface area contributed by atoms with Gasteiger partial charge < -0.3 is 10.1 Å². The number of rotatable bonds is 5. The average Bonchev–Trinajstić information content (AvgIpc) is 2.16. The zero-order valence-corrected chi connectivity index (χ0v) is 9.81. The number of hydrogen-bond acceptors (Lipinski definition) is 2. The molecule has 0 radical (unpaired) electrons. The van der Waals surface area contributed by atoms with Gasteiger partial charge in [-0.05, 0) is 26.0 Å². The van der Waals surface area contributed by atoms with E-state index in [1.54, 1.807) is 7.11 Å². The number of ether oxygens (including phenoxy) is 1. The van der Waals surface area contributed by atoms with Gasteiger partial charge >= 0.3 is 0 Å². The van der Waals surface area contributed by atoms with E-state index in [1.807, 2.05) is 13.8 Å². The van der Waals surface area contributed by atoms with E-state index in [0.29, 0.717) is 6.61 Å². The van der Waals surface area contributed by atoms with Gasteiger partial charge in [-0.3, -0.25) is 0 Å². The summed E-state index contributed by atoms with van der Waals surface area (Å²) in [5.41, 5.74) is -0.254. The summed E-state index contributed by atoms with van der Waals surface area (Å²) in [6.07, 6.45) is 0. The molecule has 0 aliphatic carbocycles. The SMILES string of the molecule is COCC(C)(C)NCc1c(F)cccc1F. The van der Waals surface area contributed by atoms with Crippen molar-refractivity contribution < 1.29 is 13.5 Å². The molecule has 0 aliphatic heterocycles. The van der Waals surface area contributed by atoms with E-state index in [4.69, 9.17) is 4.74 Å². The van der Waals surface area contributed by atoms with Gasteiger partial charge in [0.2, 0.25) is 0 Å². The molecule has 0 aromatic heterocycles. The molecule has 1 aromatic rings. The Morgan fingerprint density at radius 2 is 1.81 bits per heavy atom. The number of methoxy groups -OCH3 is 1. The fourth-order valence-corrected chi connectivity index (χ4v) is 1.44. The quantitative estimate of drug-likeness (QED) is 0.837. The fraction of sp³-hybridized carbons (Fsp3) is 0.500. The predicted octanol–water partition coefficient (Wildman–Crippen LogP) is 2.48. The highest BCUT2D eigenvalue weighted by Crippen LogP contribution is 2.13. The van der Waals surface area contributed by atoms with Crippen LogP contribution in [0.5, 0.6) is 0 Å². The topological polar surface area (TPSA) is 21.3 Å². The van der Waals surface area contributed by atoms with Crippen LogP contribution in [0.3, 0.4) is 0 Å². The predicted molar refractivity (Wildman–Crippen MR) is 59.2 cm³/mol. The molecule has 0 bridgehead atoms. The zero-order chi connectivity index (χ0) is 12.2. The second-order valence-electron chi connectivity index (χ2n) is 4.37. The highest BCUT2D eigenvalue weighted by atomic mass is 19.1. The highest BCUT2D eigenvalue weighted by Gasteiger charge is 2.18. The third-order valence-corrected chi connectivity index (χ3v) is 2.31. The van der Waals surface area contributed by atoms with E-state index < -0.39 is 11.6 Å². The van der Waals surface area contributed by atoms with Crippen LogP contribution in [0.25, 0.3) is 0 Å². The van der Waals surface area contributed by atoms with Crippen LogP contribution in [-0.4, -0.2) is 19.3 Å². The van der Waals surface area contributed by atoms with Gasteiger partial charge in [-0.15, -0.1) is 0 Å². The highest BCUT2D eigenvalue weighted by molar-refractivity contribution is 5.19. The van der Waals surface area contributed by atoms with Gasteiger partial charge in [-0.25, -0.2) is 8.78 Å². The number of halogens is 2. The molecule has 2 nitrogen and oxygen atoms in total. The third kappa shape index (κ3) is 3.54. The van der Waals surface area contributed by atoms with Crippen molar-refractivity contribution in [1.82, 2.24) is 5.32 Å². The van der Waals surface area contributed by atoms with Crippen molar-refractivity contribution >= 4 is 0 Å². The van der Waals surface area contributed by atoms with Gasteiger partial charge in [0.25, 0.3) is 0 Å². The summed E-state index contributed by atoms with van der Waals surface area (Å²) < 4.78 is 31.6. The van der Waals surface area contributed by atoms with Crippen molar-refractivity contribution in [1.29, 1.82) is 0 Å². The minimum Gasteiger partial charge on any atom is -0.383 e. The lowest BCUT2D eigenvalue weighted by molar-refractivity contribution is 0.127. The van der Waals surface area contributed by atoms with Gasteiger partial charge in [-0.2, -0.15) is 0 Å². The summed E-state index contributed by atoms with van der Waals surface area (Å²) in [6.45, 7) is 4.45. The van der Waals surface area contributed by atoms with Crippen molar-refractivity contribution in [3.63, 3.8) is 0 Å². The maximum atomic E-state index is 13.3. The first kappa shape index (κ1) is 13.1.